The van der Waals surface area contributed by atoms with Crippen LogP contribution in [-0.4, -0.2) is 35.9 Å². The first-order valence-electron chi connectivity index (χ1n) is 6.43. The summed E-state index contributed by atoms with van der Waals surface area (Å²) in [5.41, 5.74) is -0.922. The molecular weight excluding hydrogens is 324 g/mol. The summed E-state index contributed by atoms with van der Waals surface area (Å²) in [6, 6.07) is 7.22. The molecule has 0 heterocycles. The molecule has 3 N–H and O–H groups in total. The van der Waals surface area contributed by atoms with Gasteiger partial charge in [0.15, 0.2) is 0 Å². The maximum atomic E-state index is 11.5. The van der Waals surface area contributed by atoms with Crippen LogP contribution in [-0.2, 0) is 0 Å². The summed E-state index contributed by atoms with van der Waals surface area (Å²) in [5, 5.41) is 14.8. The van der Waals surface area contributed by atoms with E-state index < -0.39 is 5.60 Å². The number of hydrogen-bond donors (Lipinski definition) is 3. The molecule has 5 nitrogen and oxygen atoms in total. The fraction of sp³-hybridized carbons (Fsp3) is 0.500. The van der Waals surface area contributed by atoms with Gasteiger partial charge < -0.3 is 20.5 Å². The van der Waals surface area contributed by atoms with Gasteiger partial charge in [0.05, 0.1) is 16.6 Å². The zero-order valence-corrected chi connectivity index (χ0v) is 13.5. The van der Waals surface area contributed by atoms with Crippen LogP contribution in [0.1, 0.15) is 20.8 Å². The normalized spacial score (nSPS) is 12.7. The van der Waals surface area contributed by atoms with Crippen molar-refractivity contribution in [1.82, 2.24) is 10.6 Å². The molecular formula is C14H21BrN2O3. The van der Waals surface area contributed by atoms with Gasteiger partial charge in [-0.2, -0.15) is 0 Å². The van der Waals surface area contributed by atoms with Crippen LogP contribution in [0.25, 0.3) is 0 Å². The van der Waals surface area contributed by atoms with Crippen LogP contribution >= 0.6 is 15.9 Å². The number of carbonyl (C=O) groups is 1. The number of urea groups is 1. The summed E-state index contributed by atoms with van der Waals surface area (Å²) in [4.78, 5) is 11.5. The van der Waals surface area contributed by atoms with Crippen LogP contribution in [0.5, 0.6) is 5.75 Å². The minimum absolute atomic E-state index is 0.165. The highest BCUT2D eigenvalue weighted by Crippen LogP contribution is 2.24. The number of hydrogen-bond acceptors (Lipinski definition) is 3. The van der Waals surface area contributed by atoms with E-state index >= 15 is 0 Å². The maximum Gasteiger partial charge on any atom is 0.315 e. The molecule has 0 aliphatic rings. The van der Waals surface area contributed by atoms with Crippen molar-refractivity contribution in [2.75, 3.05) is 13.1 Å². The van der Waals surface area contributed by atoms with Gasteiger partial charge in [0.2, 0.25) is 0 Å². The fourth-order valence-corrected chi connectivity index (χ4v) is 1.77. The van der Waals surface area contributed by atoms with Crippen molar-refractivity contribution in [3.8, 4) is 5.75 Å². The van der Waals surface area contributed by atoms with Crippen LogP contribution in [0.3, 0.4) is 0 Å². The standard InChI is InChI=1S/C14H21BrN2O3/c1-10(20-12-7-5-4-6-11(12)15)8-16-13(18)17-9-14(2,3)19/h4-7,10,19H,8-9H2,1-3H3,(H2,16,17,18). The van der Waals surface area contributed by atoms with E-state index in [2.05, 4.69) is 26.6 Å². The lowest BCUT2D eigenvalue weighted by atomic mass is 10.1. The molecule has 0 bridgehead atoms. The molecule has 1 aromatic carbocycles. The van der Waals surface area contributed by atoms with Crippen molar-refractivity contribution < 1.29 is 14.6 Å². The van der Waals surface area contributed by atoms with Gasteiger partial charge in [-0.1, -0.05) is 12.1 Å². The van der Waals surface area contributed by atoms with Gasteiger partial charge in [0.25, 0.3) is 0 Å². The van der Waals surface area contributed by atoms with E-state index in [0.29, 0.717) is 6.54 Å². The van der Waals surface area contributed by atoms with Crippen molar-refractivity contribution in [1.29, 1.82) is 0 Å². The lowest BCUT2D eigenvalue weighted by Gasteiger charge is -2.19. The average molecular weight is 345 g/mol. The van der Waals surface area contributed by atoms with Crippen LogP contribution in [0.4, 0.5) is 4.79 Å². The van der Waals surface area contributed by atoms with Crippen molar-refractivity contribution >= 4 is 22.0 Å². The largest absolute Gasteiger partial charge is 0.488 e. The zero-order valence-electron chi connectivity index (χ0n) is 11.9. The van der Waals surface area contributed by atoms with E-state index in [1.807, 2.05) is 31.2 Å². The van der Waals surface area contributed by atoms with Gasteiger partial charge in [-0.25, -0.2) is 4.79 Å². The molecule has 1 unspecified atom stereocenters. The molecule has 0 aliphatic heterocycles. The first kappa shape index (κ1) is 16.8. The predicted molar refractivity (Wildman–Crippen MR) is 81.9 cm³/mol. The van der Waals surface area contributed by atoms with Gasteiger partial charge in [-0.05, 0) is 48.8 Å². The molecule has 0 aliphatic carbocycles. The number of rotatable bonds is 6. The maximum absolute atomic E-state index is 11.5. The number of ether oxygens (including phenoxy) is 1. The Morgan fingerprint density at radius 3 is 2.65 bits per heavy atom. The second-order valence-corrected chi connectivity index (χ2v) is 6.09. The van der Waals surface area contributed by atoms with E-state index in [9.17, 15) is 9.90 Å². The zero-order chi connectivity index (χ0) is 15.2. The lowest BCUT2D eigenvalue weighted by molar-refractivity contribution is 0.0818. The Labute approximate surface area is 127 Å². The highest BCUT2D eigenvalue weighted by atomic mass is 79.9. The molecule has 6 heteroatoms. The lowest BCUT2D eigenvalue weighted by Crippen LogP contribution is -2.45. The predicted octanol–water partition coefficient (Wildman–Crippen LogP) is 2.29. The number of amides is 2. The Kier molecular flexibility index (Phi) is 6.29. The summed E-state index contributed by atoms with van der Waals surface area (Å²) >= 11 is 3.40. The van der Waals surface area contributed by atoms with Crippen molar-refractivity contribution in [3.63, 3.8) is 0 Å². The first-order valence-corrected chi connectivity index (χ1v) is 7.22. The average Bonchev–Trinajstić information content (AvgIpc) is 2.36. The van der Waals surface area contributed by atoms with Crippen molar-refractivity contribution in [2.45, 2.75) is 32.5 Å². The molecule has 20 heavy (non-hydrogen) atoms. The Balaban J connectivity index is 2.31. The second-order valence-electron chi connectivity index (χ2n) is 5.23. The highest BCUT2D eigenvalue weighted by Gasteiger charge is 2.14. The molecule has 0 radical (unpaired) electrons. The van der Waals surface area contributed by atoms with Gasteiger partial charge in [-0.15, -0.1) is 0 Å². The molecule has 0 spiro atoms. The molecule has 0 fully saturated rings. The quantitative estimate of drug-likeness (QED) is 0.741. The SMILES string of the molecule is CC(CNC(=O)NCC(C)(C)O)Oc1ccccc1Br. The molecule has 112 valence electrons. The topological polar surface area (TPSA) is 70.6 Å². The fourth-order valence-electron chi connectivity index (χ4n) is 1.39. The van der Waals surface area contributed by atoms with Crippen LogP contribution < -0.4 is 15.4 Å². The highest BCUT2D eigenvalue weighted by molar-refractivity contribution is 9.10. The summed E-state index contributed by atoms with van der Waals surface area (Å²) in [6.07, 6.45) is -0.165. The Bertz CT molecular complexity index is 446. The summed E-state index contributed by atoms with van der Waals surface area (Å²) < 4.78 is 6.58. The number of carbonyl (C=O) groups excluding carboxylic acids is 1. The van der Waals surface area contributed by atoms with Crippen molar-refractivity contribution in [2.24, 2.45) is 0 Å². The van der Waals surface area contributed by atoms with E-state index in [-0.39, 0.29) is 18.7 Å². The molecule has 1 atom stereocenters. The number of nitrogens with one attached hydrogen (secondary N) is 2. The third kappa shape index (κ3) is 6.77. The molecule has 1 aromatic rings. The number of halogens is 1. The van der Waals surface area contributed by atoms with Gasteiger partial charge >= 0.3 is 6.03 Å². The minimum atomic E-state index is -0.922. The monoisotopic (exact) mass is 344 g/mol. The Hall–Kier alpha value is -1.27. The molecule has 2 amide bonds. The first-order chi connectivity index (χ1) is 9.28. The molecule has 0 aromatic heterocycles. The summed E-state index contributed by atoms with van der Waals surface area (Å²) in [6.45, 7) is 5.70. The van der Waals surface area contributed by atoms with Gasteiger partial charge in [0, 0.05) is 6.54 Å². The van der Waals surface area contributed by atoms with Crippen LogP contribution in [0, 0.1) is 0 Å². The van der Waals surface area contributed by atoms with Gasteiger partial charge in [-0.3, -0.25) is 0 Å². The van der Waals surface area contributed by atoms with Crippen molar-refractivity contribution in [3.05, 3.63) is 28.7 Å². The van der Waals surface area contributed by atoms with E-state index in [1.165, 1.54) is 0 Å². The second kappa shape index (κ2) is 7.50. The summed E-state index contributed by atoms with van der Waals surface area (Å²) in [5.74, 6) is 0.735. The molecule has 1 rings (SSSR count). The Morgan fingerprint density at radius 2 is 2.05 bits per heavy atom. The van der Waals surface area contributed by atoms with E-state index in [0.717, 1.165) is 10.2 Å². The van der Waals surface area contributed by atoms with Crippen LogP contribution in [0.2, 0.25) is 0 Å². The Morgan fingerprint density at radius 1 is 1.40 bits per heavy atom. The third-order valence-corrected chi connectivity index (χ3v) is 3.05. The molecule has 0 saturated carbocycles. The van der Waals surface area contributed by atoms with E-state index in [1.54, 1.807) is 13.8 Å². The smallest absolute Gasteiger partial charge is 0.315 e. The van der Waals surface area contributed by atoms with E-state index in [4.69, 9.17) is 4.74 Å². The minimum Gasteiger partial charge on any atom is -0.488 e. The third-order valence-electron chi connectivity index (χ3n) is 2.40. The summed E-state index contributed by atoms with van der Waals surface area (Å²) in [7, 11) is 0. The number of aliphatic hydroxyl groups is 1. The number of benzene rings is 1. The number of para-hydroxylation sites is 1. The van der Waals surface area contributed by atoms with Crippen LogP contribution in [0.15, 0.2) is 28.7 Å². The molecule has 0 saturated heterocycles. The van der Waals surface area contributed by atoms with Gasteiger partial charge in [0.1, 0.15) is 11.9 Å².